The van der Waals surface area contributed by atoms with E-state index in [2.05, 4.69) is 4.98 Å². The predicted octanol–water partition coefficient (Wildman–Crippen LogP) is 1.85. The zero-order chi connectivity index (χ0) is 14.0. The molecular formula is C12H11N3O4. The molecule has 0 aliphatic heterocycles. The standard InChI is InChI=1S/C12H11N3O4/c1-8-2-9(5-13-4-8)6-14-7-10(15(18)19)3-11(14)12(16)17/h2-5,7H,6H2,1H3,(H,16,17). The van der Waals surface area contributed by atoms with E-state index in [-0.39, 0.29) is 17.9 Å². The molecule has 2 aromatic rings. The zero-order valence-electron chi connectivity index (χ0n) is 10.1. The number of aromatic carboxylic acids is 1. The van der Waals surface area contributed by atoms with Crippen LogP contribution in [-0.2, 0) is 6.54 Å². The van der Waals surface area contributed by atoms with Gasteiger partial charge < -0.3 is 9.67 Å². The second-order valence-corrected chi connectivity index (χ2v) is 4.14. The molecule has 0 atom stereocenters. The molecule has 0 saturated heterocycles. The van der Waals surface area contributed by atoms with E-state index >= 15 is 0 Å². The summed E-state index contributed by atoms with van der Waals surface area (Å²) >= 11 is 0. The Balaban J connectivity index is 2.38. The monoisotopic (exact) mass is 261 g/mol. The van der Waals surface area contributed by atoms with E-state index in [4.69, 9.17) is 5.11 Å². The van der Waals surface area contributed by atoms with Gasteiger partial charge >= 0.3 is 5.97 Å². The molecule has 0 fully saturated rings. The Hall–Kier alpha value is -2.70. The molecule has 0 saturated carbocycles. The number of hydrogen-bond donors (Lipinski definition) is 1. The molecule has 0 aliphatic rings. The number of nitro groups is 1. The Morgan fingerprint density at radius 1 is 1.47 bits per heavy atom. The summed E-state index contributed by atoms with van der Waals surface area (Å²) in [5.41, 5.74) is 1.37. The largest absolute Gasteiger partial charge is 0.477 e. The van der Waals surface area contributed by atoms with E-state index < -0.39 is 10.9 Å². The van der Waals surface area contributed by atoms with Gasteiger partial charge in [0.1, 0.15) is 5.69 Å². The first-order chi connectivity index (χ1) is 8.97. The first kappa shape index (κ1) is 12.7. The Morgan fingerprint density at radius 2 is 2.21 bits per heavy atom. The summed E-state index contributed by atoms with van der Waals surface area (Å²) in [7, 11) is 0. The maximum Gasteiger partial charge on any atom is 0.352 e. The minimum absolute atomic E-state index is 0.117. The van der Waals surface area contributed by atoms with Gasteiger partial charge in [-0.2, -0.15) is 0 Å². The summed E-state index contributed by atoms with van der Waals surface area (Å²) in [4.78, 5) is 25.1. The average Bonchev–Trinajstić information content (AvgIpc) is 2.73. The van der Waals surface area contributed by atoms with Gasteiger partial charge in [0.25, 0.3) is 5.69 Å². The van der Waals surface area contributed by atoms with Crippen LogP contribution in [0.4, 0.5) is 5.69 Å². The highest BCUT2D eigenvalue weighted by Gasteiger charge is 2.18. The van der Waals surface area contributed by atoms with Crippen LogP contribution >= 0.6 is 0 Å². The third-order valence-corrected chi connectivity index (χ3v) is 2.60. The van der Waals surface area contributed by atoms with Gasteiger partial charge in [0, 0.05) is 25.0 Å². The Bertz CT molecular complexity index is 648. The summed E-state index contributed by atoms with van der Waals surface area (Å²) in [5.74, 6) is -1.20. The van der Waals surface area contributed by atoms with Crippen molar-refractivity contribution in [2.45, 2.75) is 13.5 Å². The molecule has 7 heteroatoms. The number of carboxylic acids is 1. The van der Waals surface area contributed by atoms with E-state index in [1.165, 1.54) is 10.8 Å². The van der Waals surface area contributed by atoms with Crippen molar-refractivity contribution in [2.75, 3.05) is 0 Å². The van der Waals surface area contributed by atoms with Crippen molar-refractivity contribution in [3.05, 3.63) is 57.7 Å². The van der Waals surface area contributed by atoms with Crippen LogP contribution in [0.3, 0.4) is 0 Å². The lowest BCUT2D eigenvalue weighted by Crippen LogP contribution is -2.08. The van der Waals surface area contributed by atoms with Crippen LogP contribution in [0, 0.1) is 17.0 Å². The lowest BCUT2D eigenvalue weighted by molar-refractivity contribution is -0.384. The van der Waals surface area contributed by atoms with Crippen LogP contribution in [-0.4, -0.2) is 25.6 Å². The smallest absolute Gasteiger partial charge is 0.352 e. The number of pyridine rings is 1. The first-order valence-electron chi connectivity index (χ1n) is 5.46. The molecule has 0 spiro atoms. The quantitative estimate of drug-likeness (QED) is 0.668. The Kier molecular flexibility index (Phi) is 3.28. The highest BCUT2D eigenvalue weighted by atomic mass is 16.6. The predicted molar refractivity (Wildman–Crippen MR) is 66.1 cm³/mol. The molecule has 0 bridgehead atoms. The van der Waals surface area contributed by atoms with Gasteiger partial charge in [0.05, 0.1) is 11.1 Å². The van der Waals surface area contributed by atoms with Gasteiger partial charge in [-0.05, 0) is 18.1 Å². The van der Waals surface area contributed by atoms with Gasteiger partial charge in [-0.3, -0.25) is 15.1 Å². The molecule has 1 N–H and O–H groups in total. The molecule has 0 aromatic carbocycles. The fourth-order valence-electron chi connectivity index (χ4n) is 1.81. The number of aromatic nitrogens is 2. The van der Waals surface area contributed by atoms with Crippen LogP contribution in [0.15, 0.2) is 30.7 Å². The van der Waals surface area contributed by atoms with Crippen LogP contribution in [0.1, 0.15) is 21.6 Å². The number of aryl methyl sites for hydroxylation is 1. The van der Waals surface area contributed by atoms with Crippen molar-refractivity contribution >= 4 is 11.7 Å². The molecule has 2 heterocycles. The average molecular weight is 261 g/mol. The molecule has 7 nitrogen and oxygen atoms in total. The van der Waals surface area contributed by atoms with Crippen molar-refractivity contribution in [2.24, 2.45) is 0 Å². The number of rotatable bonds is 4. The second-order valence-electron chi connectivity index (χ2n) is 4.14. The molecule has 0 unspecified atom stereocenters. The maximum absolute atomic E-state index is 11.1. The molecule has 0 aliphatic carbocycles. The SMILES string of the molecule is Cc1cncc(Cn2cc([N+](=O)[O-])cc2C(=O)O)c1. The second kappa shape index (κ2) is 4.89. The fraction of sp³-hybridized carbons (Fsp3) is 0.167. The van der Waals surface area contributed by atoms with Gasteiger partial charge in [0.2, 0.25) is 0 Å². The third kappa shape index (κ3) is 2.76. The van der Waals surface area contributed by atoms with Crippen LogP contribution in [0.2, 0.25) is 0 Å². The topological polar surface area (TPSA) is 98.3 Å². The highest BCUT2D eigenvalue weighted by Crippen LogP contribution is 2.18. The van der Waals surface area contributed by atoms with Crippen molar-refractivity contribution < 1.29 is 14.8 Å². The summed E-state index contributed by atoms with van der Waals surface area (Å²) in [6, 6.07) is 2.90. The minimum Gasteiger partial charge on any atom is -0.477 e. The van der Waals surface area contributed by atoms with Gasteiger partial charge in [0.15, 0.2) is 0 Å². The lowest BCUT2D eigenvalue weighted by Gasteiger charge is -2.05. The molecule has 0 amide bonds. The molecule has 2 aromatic heterocycles. The molecule has 0 radical (unpaired) electrons. The fourth-order valence-corrected chi connectivity index (χ4v) is 1.81. The zero-order valence-corrected chi connectivity index (χ0v) is 10.1. The number of carbonyl (C=O) groups is 1. The van der Waals surface area contributed by atoms with E-state index in [1.54, 1.807) is 12.4 Å². The summed E-state index contributed by atoms with van der Waals surface area (Å²) in [5, 5.41) is 19.7. The number of hydrogen-bond acceptors (Lipinski definition) is 4. The maximum atomic E-state index is 11.1. The van der Waals surface area contributed by atoms with E-state index in [0.717, 1.165) is 17.2 Å². The summed E-state index contributed by atoms with van der Waals surface area (Å²) < 4.78 is 1.33. The van der Waals surface area contributed by atoms with Crippen molar-refractivity contribution in [3.63, 3.8) is 0 Å². The molecule has 19 heavy (non-hydrogen) atoms. The van der Waals surface area contributed by atoms with Crippen molar-refractivity contribution in [3.8, 4) is 0 Å². The molecular weight excluding hydrogens is 250 g/mol. The van der Waals surface area contributed by atoms with Crippen LogP contribution < -0.4 is 0 Å². The number of nitrogens with zero attached hydrogens (tertiary/aromatic N) is 3. The Labute approximate surface area is 108 Å². The third-order valence-electron chi connectivity index (χ3n) is 2.60. The Morgan fingerprint density at radius 3 is 2.79 bits per heavy atom. The van der Waals surface area contributed by atoms with Gasteiger partial charge in [-0.1, -0.05) is 6.07 Å². The summed E-state index contributed by atoms with van der Waals surface area (Å²) in [6.07, 6.45) is 4.50. The lowest BCUT2D eigenvalue weighted by atomic mass is 10.2. The minimum atomic E-state index is -1.20. The van der Waals surface area contributed by atoms with E-state index in [0.29, 0.717) is 0 Å². The van der Waals surface area contributed by atoms with Gasteiger partial charge in [-0.25, -0.2) is 4.79 Å². The van der Waals surface area contributed by atoms with E-state index in [9.17, 15) is 14.9 Å². The molecule has 98 valence electrons. The van der Waals surface area contributed by atoms with Crippen molar-refractivity contribution in [1.82, 2.24) is 9.55 Å². The number of carboxylic acid groups (broad SMARTS) is 1. The normalized spacial score (nSPS) is 10.4. The van der Waals surface area contributed by atoms with Crippen molar-refractivity contribution in [1.29, 1.82) is 0 Å². The molecule has 2 rings (SSSR count). The highest BCUT2D eigenvalue weighted by molar-refractivity contribution is 5.86. The van der Waals surface area contributed by atoms with Crippen LogP contribution in [0.25, 0.3) is 0 Å². The van der Waals surface area contributed by atoms with E-state index in [1.807, 2.05) is 13.0 Å². The van der Waals surface area contributed by atoms with Crippen LogP contribution in [0.5, 0.6) is 0 Å². The summed E-state index contributed by atoms with van der Waals surface area (Å²) in [6.45, 7) is 2.09. The van der Waals surface area contributed by atoms with Gasteiger partial charge in [-0.15, -0.1) is 0 Å². The first-order valence-corrected chi connectivity index (χ1v) is 5.46.